The third kappa shape index (κ3) is 3.93. The van der Waals surface area contributed by atoms with Crippen LogP contribution in [0.1, 0.15) is 22.3 Å². The van der Waals surface area contributed by atoms with E-state index in [2.05, 4.69) is 52.0 Å². The van der Waals surface area contributed by atoms with Crippen molar-refractivity contribution in [2.45, 2.75) is 25.1 Å². The molecule has 0 aliphatic carbocycles. The lowest BCUT2D eigenvalue weighted by atomic mass is 9.95. The highest BCUT2D eigenvalue weighted by Gasteiger charge is 2.12. The minimum atomic E-state index is -0.136. The largest absolute Gasteiger partial charge is 0.380 e. The van der Waals surface area contributed by atoms with Crippen molar-refractivity contribution < 1.29 is 9.13 Å². The Balaban J connectivity index is 2.58. The molecule has 22 heavy (non-hydrogen) atoms. The van der Waals surface area contributed by atoms with E-state index in [0.717, 1.165) is 40.1 Å². The van der Waals surface area contributed by atoms with E-state index in [9.17, 15) is 4.39 Å². The van der Waals surface area contributed by atoms with E-state index < -0.39 is 0 Å². The fourth-order valence-electron chi connectivity index (χ4n) is 2.59. The molecule has 118 valence electrons. The number of hydrogen-bond donors (Lipinski definition) is 0. The number of halogens is 1. The van der Waals surface area contributed by atoms with Gasteiger partial charge in [0.2, 0.25) is 0 Å². The van der Waals surface area contributed by atoms with Gasteiger partial charge in [-0.05, 0) is 57.9 Å². The molecule has 0 aliphatic heterocycles. The predicted molar refractivity (Wildman–Crippen MR) is 103 cm³/mol. The Morgan fingerprint density at radius 2 is 1.73 bits per heavy atom. The molecule has 3 atom stereocenters. The van der Waals surface area contributed by atoms with Gasteiger partial charge in [-0.25, -0.2) is 4.39 Å². The third-order valence-electron chi connectivity index (χ3n) is 3.73. The van der Waals surface area contributed by atoms with Crippen molar-refractivity contribution in [2.24, 2.45) is 0 Å². The topological polar surface area (TPSA) is 9.23 Å². The van der Waals surface area contributed by atoms with E-state index in [1.165, 1.54) is 5.56 Å². The van der Waals surface area contributed by atoms with Crippen LogP contribution in [0, 0.1) is 5.82 Å². The Morgan fingerprint density at radius 1 is 0.955 bits per heavy atom. The molecule has 0 spiro atoms. The summed E-state index contributed by atoms with van der Waals surface area (Å²) in [4.78, 5) is 0. The van der Waals surface area contributed by atoms with E-state index in [1.54, 1.807) is 13.2 Å². The van der Waals surface area contributed by atoms with E-state index in [0.29, 0.717) is 12.8 Å². The zero-order valence-electron chi connectivity index (χ0n) is 12.7. The van der Waals surface area contributed by atoms with Gasteiger partial charge in [-0.15, -0.1) is 27.7 Å². The van der Waals surface area contributed by atoms with Gasteiger partial charge in [-0.1, -0.05) is 24.3 Å². The van der Waals surface area contributed by atoms with Crippen molar-refractivity contribution in [2.75, 3.05) is 7.11 Å². The van der Waals surface area contributed by atoms with Gasteiger partial charge < -0.3 is 4.74 Å². The maximum Gasteiger partial charge on any atom is 0.127 e. The van der Waals surface area contributed by atoms with Crippen molar-refractivity contribution in [1.82, 2.24) is 0 Å². The highest BCUT2D eigenvalue weighted by molar-refractivity contribution is 7.16. The lowest BCUT2D eigenvalue weighted by Crippen LogP contribution is -1.98. The fourth-order valence-corrected chi connectivity index (χ4v) is 3.67. The number of benzene rings is 2. The molecule has 2 aromatic carbocycles. The summed E-state index contributed by atoms with van der Waals surface area (Å²) in [5.41, 5.74) is 6.09. The summed E-state index contributed by atoms with van der Waals surface area (Å²) < 4.78 is 19.7. The molecule has 3 unspecified atom stereocenters. The second kappa shape index (κ2) is 8.47. The van der Waals surface area contributed by atoms with Crippen molar-refractivity contribution in [3.8, 4) is 11.1 Å². The minimum absolute atomic E-state index is 0.136. The van der Waals surface area contributed by atoms with Gasteiger partial charge >= 0.3 is 0 Å². The SMILES string of the molecule is COCc1cc(CP)ccc1-c1cc(F)c(CP)c(CP)c1. The molecule has 0 aromatic heterocycles. The lowest BCUT2D eigenvalue weighted by molar-refractivity contribution is 0.185. The van der Waals surface area contributed by atoms with Crippen molar-refractivity contribution in [1.29, 1.82) is 0 Å². The Morgan fingerprint density at radius 3 is 2.32 bits per heavy atom. The minimum Gasteiger partial charge on any atom is -0.380 e. The van der Waals surface area contributed by atoms with Crippen LogP contribution in [0.15, 0.2) is 30.3 Å². The number of methoxy groups -OCH3 is 1. The average Bonchev–Trinajstić information content (AvgIpc) is 2.54. The van der Waals surface area contributed by atoms with Crippen LogP contribution < -0.4 is 0 Å². The first-order valence-corrected chi connectivity index (χ1v) is 9.62. The first-order valence-electron chi connectivity index (χ1n) is 7.17. The molecule has 0 radical (unpaired) electrons. The Bertz CT molecular complexity index is 659. The standard InChI is InChI=1S/C17H22FOP3/c1-19-7-13-4-11(8-20)2-3-15(13)12-5-14(9-21)16(10-22)17(18)6-12/h2-6H,7-10,20-22H2,1H3. The fraction of sp³-hybridized carbons (Fsp3) is 0.294. The van der Waals surface area contributed by atoms with E-state index >= 15 is 0 Å². The summed E-state index contributed by atoms with van der Waals surface area (Å²) in [5.74, 6) is -0.136. The van der Waals surface area contributed by atoms with Crippen molar-refractivity contribution >= 4 is 27.7 Å². The molecule has 2 rings (SSSR count). The van der Waals surface area contributed by atoms with Crippen molar-refractivity contribution in [3.05, 3.63) is 58.4 Å². The Kier molecular flexibility index (Phi) is 6.91. The average molecular weight is 354 g/mol. The van der Waals surface area contributed by atoms with Crippen LogP contribution in [0.5, 0.6) is 0 Å². The van der Waals surface area contributed by atoms with Crippen LogP contribution in [-0.4, -0.2) is 7.11 Å². The second-order valence-electron chi connectivity index (χ2n) is 5.13. The highest BCUT2D eigenvalue weighted by Crippen LogP contribution is 2.31. The van der Waals surface area contributed by atoms with Crippen molar-refractivity contribution in [3.63, 3.8) is 0 Å². The third-order valence-corrected chi connectivity index (χ3v) is 5.05. The van der Waals surface area contributed by atoms with Crippen LogP contribution in [0.25, 0.3) is 11.1 Å². The second-order valence-corrected chi connectivity index (χ2v) is 6.36. The molecule has 0 aliphatic rings. The highest BCUT2D eigenvalue weighted by atomic mass is 31.0. The van der Waals surface area contributed by atoms with Gasteiger partial charge in [0.15, 0.2) is 0 Å². The molecular formula is C17H22FOP3. The van der Waals surface area contributed by atoms with Gasteiger partial charge in [-0.3, -0.25) is 0 Å². The number of hydrogen-bond acceptors (Lipinski definition) is 1. The summed E-state index contributed by atoms with van der Waals surface area (Å²) >= 11 is 0. The van der Waals surface area contributed by atoms with Crippen LogP contribution in [0.4, 0.5) is 4.39 Å². The first kappa shape index (κ1) is 18.0. The Hall–Kier alpha value is -0.380. The van der Waals surface area contributed by atoms with Crippen LogP contribution in [0.3, 0.4) is 0 Å². The zero-order chi connectivity index (χ0) is 16.1. The predicted octanol–water partition coefficient (Wildman–Crippen LogP) is 4.76. The van der Waals surface area contributed by atoms with Gasteiger partial charge in [0.1, 0.15) is 5.82 Å². The molecule has 0 saturated heterocycles. The van der Waals surface area contributed by atoms with Gasteiger partial charge in [0, 0.05) is 7.11 Å². The van der Waals surface area contributed by atoms with E-state index in [4.69, 9.17) is 4.74 Å². The monoisotopic (exact) mass is 354 g/mol. The quantitative estimate of drug-likeness (QED) is 0.680. The zero-order valence-corrected chi connectivity index (χ0v) is 16.2. The maximum atomic E-state index is 14.4. The number of rotatable bonds is 6. The van der Waals surface area contributed by atoms with Crippen LogP contribution >= 0.6 is 27.7 Å². The Labute approximate surface area is 139 Å². The van der Waals surface area contributed by atoms with E-state index in [1.807, 2.05) is 0 Å². The number of ether oxygens (including phenoxy) is 1. The maximum absolute atomic E-state index is 14.4. The summed E-state index contributed by atoms with van der Waals surface area (Å²) in [5, 5.41) is 0. The summed E-state index contributed by atoms with van der Waals surface area (Å²) in [6.07, 6.45) is 2.28. The summed E-state index contributed by atoms with van der Waals surface area (Å²) in [7, 11) is 9.70. The molecule has 0 N–H and O–H groups in total. The van der Waals surface area contributed by atoms with Crippen LogP contribution in [0.2, 0.25) is 0 Å². The molecule has 0 heterocycles. The van der Waals surface area contributed by atoms with Gasteiger partial charge in [-0.2, -0.15) is 0 Å². The smallest absolute Gasteiger partial charge is 0.127 e. The van der Waals surface area contributed by atoms with E-state index in [-0.39, 0.29) is 5.82 Å². The molecule has 1 nitrogen and oxygen atoms in total. The molecule has 0 fully saturated rings. The normalized spacial score (nSPS) is 11.0. The first-order chi connectivity index (χ1) is 10.6. The van der Waals surface area contributed by atoms with Gasteiger partial charge in [0.05, 0.1) is 6.61 Å². The molecular weight excluding hydrogens is 332 g/mol. The summed E-state index contributed by atoms with van der Waals surface area (Å²) in [6, 6.07) is 10.0. The molecule has 0 amide bonds. The molecule has 2 aromatic rings. The molecule has 5 heteroatoms. The summed E-state index contributed by atoms with van der Waals surface area (Å²) in [6.45, 7) is 0.525. The lowest BCUT2D eigenvalue weighted by Gasteiger charge is -2.15. The van der Waals surface area contributed by atoms with Gasteiger partial charge in [0.25, 0.3) is 0 Å². The molecule has 0 saturated carbocycles. The van der Waals surface area contributed by atoms with Crippen LogP contribution in [-0.2, 0) is 29.8 Å². The molecule has 0 bridgehead atoms.